The number of hydrogen-bond acceptors (Lipinski definition) is 4. The first-order chi connectivity index (χ1) is 12.4. The maximum absolute atomic E-state index is 12.5. The van der Waals surface area contributed by atoms with Gasteiger partial charge in [0.05, 0.1) is 11.9 Å². The van der Waals surface area contributed by atoms with E-state index >= 15 is 0 Å². The van der Waals surface area contributed by atoms with Crippen molar-refractivity contribution in [1.82, 2.24) is 5.32 Å². The number of methoxy groups -OCH3 is 1. The summed E-state index contributed by atoms with van der Waals surface area (Å²) in [7, 11) is 1.62. The van der Waals surface area contributed by atoms with Gasteiger partial charge in [-0.25, -0.2) is 0 Å². The molecule has 0 spiro atoms. The van der Waals surface area contributed by atoms with E-state index in [1.54, 1.807) is 18.9 Å². The van der Waals surface area contributed by atoms with E-state index in [9.17, 15) is 4.79 Å². The molecule has 1 aromatic rings. The lowest BCUT2D eigenvalue weighted by Gasteiger charge is -2.22. The standard InChI is InChI=1S/C19H28N4O2S.2H2O.H2/c1-5-21-16(14-8-10-15(25-4)11-9-14)22-18(20)23-17(24)19(2,3)26-12-13-6-7-13;;;/h8-11,13H,5-7,12H2,1-4H3,(H3,20,21,22,23,24);2*1H2;1H. The summed E-state index contributed by atoms with van der Waals surface area (Å²) in [4.78, 5) is 21.2. The molecule has 0 atom stereocenters. The predicted molar refractivity (Wildman–Crippen MR) is 118 cm³/mol. The Morgan fingerprint density at radius 1 is 1.32 bits per heavy atom. The summed E-state index contributed by atoms with van der Waals surface area (Å²) in [5, 5.41) is 2.71. The lowest BCUT2D eigenvalue weighted by Crippen LogP contribution is -2.46. The number of ether oxygens (including phenoxy) is 1. The largest absolute Gasteiger partial charge is 0.497 e. The third-order valence-electron chi connectivity index (χ3n) is 4.05. The summed E-state index contributed by atoms with van der Waals surface area (Å²) in [6.45, 7) is 6.31. The molecule has 1 aromatic carbocycles. The van der Waals surface area contributed by atoms with Crippen LogP contribution in [-0.4, -0.2) is 52.8 Å². The number of amidine groups is 1. The summed E-state index contributed by atoms with van der Waals surface area (Å²) in [6, 6.07) is 7.40. The number of benzene rings is 1. The van der Waals surface area contributed by atoms with Gasteiger partial charge in [-0.2, -0.15) is 4.99 Å². The molecule has 2 rings (SSSR count). The number of nitrogens with two attached hydrogens (primary N) is 1. The second-order valence-corrected chi connectivity index (χ2v) is 8.38. The summed E-state index contributed by atoms with van der Waals surface area (Å²) in [5.74, 6) is 2.91. The van der Waals surface area contributed by atoms with Crippen LogP contribution in [0.5, 0.6) is 5.75 Å². The van der Waals surface area contributed by atoms with E-state index in [0.29, 0.717) is 12.4 Å². The molecule has 160 valence electrons. The van der Waals surface area contributed by atoms with Crippen molar-refractivity contribution in [3.63, 3.8) is 0 Å². The van der Waals surface area contributed by atoms with Crippen molar-refractivity contribution in [2.24, 2.45) is 21.6 Å². The van der Waals surface area contributed by atoms with Crippen molar-refractivity contribution in [1.29, 1.82) is 0 Å². The highest BCUT2D eigenvalue weighted by Gasteiger charge is 2.32. The fraction of sp³-hybridized carbons (Fsp3) is 0.526. The molecular weight excluding hydrogens is 380 g/mol. The molecule has 7 N–H and O–H groups in total. The van der Waals surface area contributed by atoms with E-state index in [0.717, 1.165) is 23.0 Å². The number of thioether (sulfide) groups is 1. The van der Waals surface area contributed by atoms with Crippen molar-refractivity contribution in [2.75, 3.05) is 19.4 Å². The molecule has 1 aliphatic carbocycles. The molecule has 0 unspecified atom stereocenters. The van der Waals surface area contributed by atoms with Gasteiger partial charge >= 0.3 is 0 Å². The number of carbonyl (C=O) groups is 1. The quantitative estimate of drug-likeness (QED) is 0.511. The summed E-state index contributed by atoms with van der Waals surface area (Å²) < 4.78 is 4.61. The smallest absolute Gasteiger partial charge is 0.242 e. The predicted octanol–water partition coefficient (Wildman–Crippen LogP) is 1.41. The molecule has 8 nitrogen and oxygen atoms in total. The summed E-state index contributed by atoms with van der Waals surface area (Å²) >= 11 is 1.66. The highest BCUT2D eigenvalue weighted by atomic mass is 32.2. The Kier molecular flexibility index (Phi) is 10.8. The molecule has 0 heterocycles. The SMILES string of the molecule is CCN=C(N=C(N)NC(=O)C(C)(C)SCC1CC1)c1ccc(OC)cc1.O.O.[HH]. The third kappa shape index (κ3) is 7.87. The zero-order valence-corrected chi connectivity index (χ0v) is 17.7. The number of nitrogens with one attached hydrogen (secondary N) is 1. The number of rotatable bonds is 7. The lowest BCUT2D eigenvalue weighted by molar-refractivity contribution is -0.121. The number of amides is 1. The molecule has 1 aliphatic rings. The fourth-order valence-corrected chi connectivity index (χ4v) is 3.33. The van der Waals surface area contributed by atoms with Crippen molar-refractivity contribution < 1.29 is 21.9 Å². The van der Waals surface area contributed by atoms with Crippen LogP contribution in [0.2, 0.25) is 0 Å². The minimum atomic E-state index is -0.551. The van der Waals surface area contributed by atoms with Crippen LogP contribution in [0.4, 0.5) is 0 Å². The van der Waals surface area contributed by atoms with Crippen LogP contribution < -0.4 is 15.8 Å². The van der Waals surface area contributed by atoms with Crippen LogP contribution in [-0.2, 0) is 4.79 Å². The Bertz CT molecular complexity index is 692. The van der Waals surface area contributed by atoms with Gasteiger partial charge in [0.1, 0.15) is 5.75 Å². The van der Waals surface area contributed by atoms with Gasteiger partial charge in [0, 0.05) is 13.5 Å². The van der Waals surface area contributed by atoms with Gasteiger partial charge < -0.3 is 21.4 Å². The maximum Gasteiger partial charge on any atom is 0.242 e. The number of hydrogen-bond donors (Lipinski definition) is 2. The Balaban J connectivity index is 0. The Hall–Kier alpha value is -2.10. The normalized spacial score (nSPS) is 14.6. The number of carbonyl (C=O) groups excluding carboxylic acids is 1. The van der Waals surface area contributed by atoms with Crippen LogP contribution in [0.3, 0.4) is 0 Å². The molecule has 0 saturated heterocycles. The van der Waals surface area contributed by atoms with Crippen molar-refractivity contribution in [2.45, 2.75) is 38.4 Å². The van der Waals surface area contributed by atoms with Crippen molar-refractivity contribution in [3.8, 4) is 5.75 Å². The van der Waals surface area contributed by atoms with Crippen LogP contribution in [0.15, 0.2) is 34.3 Å². The zero-order valence-electron chi connectivity index (χ0n) is 16.9. The summed E-state index contributed by atoms with van der Waals surface area (Å²) in [6.07, 6.45) is 2.54. The maximum atomic E-state index is 12.5. The first-order valence-electron chi connectivity index (χ1n) is 8.84. The molecule has 28 heavy (non-hydrogen) atoms. The summed E-state index contributed by atoms with van der Waals surface area (Å²) in [5.41, 5.74) is 6.78. The molecule has 1 fully saturated rings. The monoisotopic (exact) mass is 414 g/mol. The molecule has 1 saturated carbocycles. The van der Waals surface area contributed by atoms with E-state index in [4.69, 9.17) is 10.5 Å². The molecule has 0 aromatic heterocycles. The Morgan fingerprint density at radius 2 is 1.93 bits per heavy atom. The van der Waals surface area contributed by atoms with Crippen LogP contribution >= 0.6 is 11.8 Å². The first kappa shape index (κ1) is 25.9. The second kappa shape index (κ2) is 11.7. The topological polar surface area (TPSA) is 152 Å². The molecule has 1 amide bonds. The average Bonchev–Trinajstić information content (AvgIpc) is 3.44. The van der Waals surface area contributed by atoms with Gasteiger partial charge in [0.15, 0.2) is 5.84 Å². The van der Waals surface area contributed by atoms with Crippen LogP contribution in [0.1, 0.15) is 40.6 Å². The van der Waals surface area contributed by atoms with Gasteiger partial charge in [-0.3, -0.25) is 15.1 Å². The third-order valence-corrected chi connectivity index (χ3v) is 5.59. The van der Waals surface area contributed by atoms with Gasteiger partial charge in [0.25, 0.3) is 0 Å². The minimum absolute atomic E-state index is 0. The highest BCUT2D eigenvalue weighted by Crippen LogP contribution is 2.37. The fourth-order valence-electron chi connectivity index (χ4n) is 2.17. The molecule has 0 radical (unpaired) electrons. The van der Waals surface area contributed by atoms with Crippen LogP contribution in [0.25, 0.3) is 0 Å². The number of aliphatic imine (C=N–C) groups is 2. The number of guanidine groups is 1. The Morgan fingerprint density at radius 3 is 2.43 bits per heavy atom. The van der Waals surface area contributed by atoms with Crippen molar-refractivity contribution in [3.05, 3.63) is 29.8 Å². The van der Waals surface area contributed by atoms with E-state index in [1.165, 1.54) is 12.8 Å². The molecule has 0 bridgehead atoms. The van der Waals surface area contributed by atoms with E-state index in [2.05, 4.69) is 15.3 Å². The molecule has 9 heteroatoms. The molecule has 0 aliphatic heterocycles. The van der Waals surface area contributed by atoms with Gasteiger partial charge in [-0.05, 0) is 69.5 Å². The van der Waals surface area contributed by atoms with E-state index in [-0.39, 0.29) is 24.2 Å². The zero-order chi connectivity index (χ0) is 19.2. The first-order valence-corrected chi connectivity index (χ1v) is 9.82. The van der Waals surface area contributed by atoms with E-state index in [1.807, 2.05) is 45.0 Å². The Labute approximate surface area is 172 Å². The van der Waals surface area contributed by atoms with Gasteiger partial charge in [0.2, 0.25) is 11.9 Å². The molecular formula is C19H34N4O4S. The van der Waals surface area contributed by atoms with Crippen LogP contribution in [0, 0.1) is 5.92 Å². The van der Waals surface area contributed by atoms with Crippen molar-refractivity contribution >= 4 is 29.5 Å². The lowest BCUT2D eigenvalue weighted by atomic mass is 10.2. The average molecular weight is 415 g/mol. The minimum Gasteiger partial charge on any atom is -0.497 e. The highest BCUT2D eigenvalue weighted by molar-refractivity contribution is 8.01. The van der Waals surface area contributed by atoms with E-state index < -0.39 is 4.75 Å². The van der Waals surface area contributed by atoms with Gasteiger partial charge in [-0.15, -0.1) is 11.8 Å². The second-order valence-electron chi connectivity index (χ2n) is 6.74. The number of nitrogens with zero attached hydrogens (tertiary/aromatic N) is 2. The van der Waals surface area contributed by atoms with Gasteiger partial charge in [-0.1, -0.05) is 0 Å².